The van der Waals surface area contributed by atoms with Crippen molar-refractivity contribution in [2.75, 3.05) is 39.9 Å². The van der Waals surface area contributed by atoms with Crippen molar-refractivity contribution in [1.29, 1.82) is 0 Å². The Bertz CT molecular complexity index is 581. The summed E-state index contributed by atoms with van der Waals surface area (Å²) in [6, 6.07) is 5.96. The van der Waals surface area contributed by atoms with Crippen molar-refractivity contribution >= 4 is 28.3 Å². The molecule has 0 unspecified atom stereocenters. The summed E-state index contributed by atoms with van der Waals surface area (Å²) in [6.07, 6.45) is 0. The molecule has 0 bridgehead atoms. The number of methoxy groups -OCH3 is 1. The number of carbonyl (C=O) groups excluding carboxylic acids is 1. The van der Waals surface area contributed by atoms with Crippen molar-refractivity contribution < 1.29 is 17.9 Å². The first-order chi connectivity index (χ1) is 10.5. The summed E-state index contributed by atoms with van der Waals surface area (Å²) >= 11 is 0. The molecule has 23 heavy (non-hydrogen) atoms. The maximum atomic E-state index is 12.0. The van der Waals surface area contributed by atoms with Gasteiger partial charge in [-0.2, -0.15) is 0 Å². The van der Waals surface area contributed by atoms with Gasteiger partial charge in [-0.15, -0.1) is 12.4 Å². The van der Waals surface area contributed by atoms with Crippen LogP contribution in [0.4, 0.5) is 0 Å². The Balaban J connectivity index is 0.00000484. The van der Waals surface area contributed by atoms with E-state index in [4.69, 9.17) is 4.74 Å². The smallest absolute Gasteiger partial charge is 0.251 e. The fraction of sp³-hybridized carbons (Fsp3) is 0.500. The minimum Gasteiger partial charge on any atom is -0.383 e. The van der Waals surface area contributed by atoms with Gasteiger partial charge in [0.1, 0.15) is 0 Å². The van der Waals surface area contributed by atoms with Gasteiger partial charge in [0.25, 0.3) is 5.91 Å². The van der Waals surface area contributed by atoms with Gasteiger partial charge in [-0.05, 0) is 18.2 Å². The van der Waals surface area contributed by atoms with Crippen LogP contribution in [0.1, 0.15) is 17.3 Å². The highest BCUT2D eigenvalue weighted by atomic mass is 35.5. The molecule has 1 aromatic rings. The zero-order chi connectivity index (χ0) is 16.4. The van der Waals surface area contributed by atoms with E-state index in [9.17, 15) is 13.2 Å². The van der Waals surface area contributed by atoms with E-state index >= 15 is 0 Å². The molecule has 0 radical (unpaired) electrons. The van der Waals surface area contributed by atoms with Gasteiger partial charge in [0.15, 0.2) is 0 Å². The second-order valence-corrected chi connectivity index (χ2v) is 6.29. The normalized spacial score (nSPS) is 10.9. The van der Waals surface area contributed by atoms with Gasteiger partial charge in [0, 0.05) is 38.9 Å². The molecule has 3 N–H and O–H groups in total. The van der Waals surface area contributed by atoms with E-state index in [1.807, 2.05) is 0 Å². The summed E-state index contributed by atoms with van der Waals surface area (Å²) in [6.45, 7) is 4.38. The molecule has 7 nitrogen and oxygen atoms in total. The van der Waals surface area contributed by atoms with Crippen LogP contribution in [0.3, 0.4) is 0 Å². The van der Waals surface area contributed by atoms with Gasteiger partial charge >= 0.3 is 0 Å². The first-order valence-corrected chi connectivity index (χ1v) is 8.57. The van der Waals surface area contributed by atoms with Crippen molar-refractivity contribution in [1.82, 2.24) is 15.4 Å². The minimum atomic E-state index is -3.56. The SMILES string of the molecule is CCNS(=O)(=O)c1cccc(C(=O)NCCNCCOC)c1.Cl. The van der Waals surface area contributed by atoms with Gasteiger partial charge in [-0.1, -0.05) is 13.0 Å². The first kappa shape index (κ1) is 21.8. The lowest BCUT2D eigenvalue weighted by molar-refractivity contribution is 0.0953. The number of sulfonamides is 1. The van der Waals surface area contributed by atoms with Crippen molar-refractivity contribution in [2.24, 2.45) is 0 Å². The molecule has 0 aliphatic carbocycles. The zero-order valence-electron chi connectivity index (χ0n) is 13.3. The molecule has 1 amide bonds. The molecule has 9 heteroatoms. The standard InChI is InChI=1S/C14H23N3O4S.ClH/c1-3-17-22(19,20)13-6-4-5-12(11-13)14(18)16-8-7-15-9-10-21-2;/h4-6,11,15,17H,3,7-10H2,1-2H3,(H,16,18);1H. The average molecular weight is 366 g/mol. The third-order valence-electron chi connectivity index (χ3n) is 2.81. The second kappa shape index (κ2) is 11.4. The van der Waals surface area contributed by atoms with Crippen molar-refractivity contribution in [3.63, 3.8) is 0 Å². The van der Waals surface area contributed by atoms with E-state index in [1.165, 1.54) is 12.1 Å². The van der Waals surface area contributed by atoms with Gasteiger partial charge in [0.05, 0.1) is 11.5 Å². The first-order valence-electron chi connectivity index (χ1n) is 7.09. The highest BCUT2D eigenvalue weighted by molar-refractivity contribution is 7.89. The van der Waals surface area contributed by atoms with E-state index in [-0.39, 0.29) is 23.2 Å². The number of benzene rings is 1. The molecule has 0 heterocycles. The molecule has 0 aliphatic heterocycles. The van der Waals surface area contributed by atoms with Crippen LogP contribution in [0.15, 0.2) is 29.2 Å². The fourth-order valence-corrected chi connectivity index (χ4v) is 2.83. The van der Waals surface area contributed by atoms with E-state index in [0.717, 1.165) is 0 Å². The molecule has 0 fully saturated rings. The number of nitrogens with one attached hydrogen (secondary N) is 3. The lowest BCUT2D eigenvalue weighted by atomic mass is 10.2. The largest absolute Gasteiger partial charge is 0.383 e. The number of hydrogen-bond acceptors (Lipinski definition) is 5. The minimum absolute atomic E-state index is 0. The Labute approximate surface area is 143 Å². The van der Waals surface area contributed by atoms with Crippen LogP contribution >= 0.6 is 12.4 Å². The van der Waals surface area contributed by atoms with Crippen molar-refractivity contribution in [2.45, 2.75) is 11.8 Å². The van der Waals surface area contributed by atoms with Crippen LogP contribution in [-0.2, 0) is 14.8 Å². The summed E-state index contributed by atoms with van der Waals surface area (Å²) in [5.74, 6) is -0.304. The Morgan fingerprint density at radius 1 is 1.22 bits per heavy atom. The van der Waals surface area contributed by atoms with Gasteiger partial charge in [-0.25, -0.2) is 13.1 Å². The van der Waals surface area contributed by atoms with Crippen LogP contribution in [0.25, 0.3) is 0 Å². The number of hydrogen-bond donors (Lipinski definition) is 3. The topological polar surface area (TPSA) is 96.5 Å². The predicted octanol–water partition coefficient (Wildman–Crippen LogP) is 0.372. The monoisotopic (exact) mass is 365 g/mol. The van der Waals surface area contributed by atoms with Gasteiger partial charge in [-0.3, -0.25) is 4.79 Å². The second-order valence-electron chi connectivity index (χ2n) is 4.53. The Hall–Kier alpha value is -1.19. The van der Waals surface area contributed by atoms with Crippen LogP contribution in [0.5, 0.6) is 0 Å². The van der Waals surface area contributed by atoms with E-state index < -0.39 is 10.0 Å². The van der Waals surface area contributed by atoms with Crippen LogP contribution in [-0.4, -0.2) is 54.2 Å². The molecule has 0 saturated heterocycles. The van der Waals surface area contributed by atoms with Gasteiger partial charge < -0.3 is 15.4 Å². The lowest BCUT2D eigenvalue weighted by Crippen LogP contribution is -2.33. The summed E-state index contributed by atoms with van der Waals surface area (Å²) in [5.41, 5.74) is 0.316. The lowest BCUT2D eigenvalue weighted by Gasteiger charge is -2.08. The van der Waals surface area contributed by atoms with E-state index in [0.29, 0.717) is 38.3 Å². The molecule has 0 aromatic heterocycles. The fourth-order valence-electron chi connectivity index (χ4n) is 1.74. The number of ether oxygens (including phenoxy) is 1. The molecule has 1 aromatic carbocycles. The molecule has 0 atom stereocenters. The molecule has 0 saturated carbocycles. The number of rotatable bonds is 10. The molecule has 1 rings (SSSR count). The average Bonchev–Trinajstić information content (AvgIpc) is 2.50. The van der Waals surface area contributed by atoms with Crippen molar-refractivity contribution in [3.8, 4) is 0 Å². The quantitative estimate of drug-likeness (QED) is 0.521. The predicted molar refractivity (Wildman–Crippen MR) is 91.6 cm³/mol. The third-order valence-corrected chi connectivity index (χ3v) is 4.35. The van der Waals surface area contributed by atoms with Gasteiger partial charge in [0.2, 0.25) is 10.0 Å². The molecular weight excluding hydrogens is 342 g/mol. The number of carbonyl (C=O) groups is 1. The summed E-state index contributed by atoms with van der Waals surface area (Å²) in [7, 11) is -1.94. The zero-order valence-corrected chi connectivity index (χ0v) is 14.9. The summed E-state index contributed by atoms with van der Waals surface area (Å²) < 4.78 is 31.1. The number of amides is 1. The van der Waals surface area contributed by atoms with Crippen LogP contribution < -0.4 is 15.4 Å². The maximum Gasteiger partial charge on any atom is 0.251 e. The molecule has 0 spiro atoms. The van der Waals surface area contributed by atoms with Crippen molar-refractivity contribution in [3.05, 3.63) is 29.8 Å². The van der Waals surface area contributed by atoms with Crippen LogP contribution in [0, 0.1) is 0 Å². The Kier molecular flexibility index (Phi) is 10.8. The number of halogens is 1. The molecule has 0 aliphatic rings. The molecule has 132 valence electrons. The summed E-state index contributed by atoms with van der Waals surface area (Å²) in [5, 5.41) is 5.83. The highest BCUT2D eigenvalue weighted by Gasteiger charge is 2.14. The summed E-state index contributed by atoms with van der Waals surface area (Å²) in [4.78, 5) is 12.1. The Morgan fingerprint density at radius 3 is 2.61 bits per heavy atom. The Morgan fingerprint density at radius 2 is 1.96 bits per heavy atom. The highest BCUT2D eigenvalue weighted by Crippen LogP contribution is 2.11. The molecular formula is C14H24ClN3O4S. The maximum absolute atomic E-state index is 12.0. The third kappa shape index (κ3) is 7.76. The van der Waals surface area contributed by atoms with Crippen LogP contribution in [0.2, 0.25) is 0 Å². The van der Waals surface area contributed by atoms with E-state index in [2.05, 4.69) is 15.4 Å². The van der Waals surface area contributed by atoms with E-state index in [1.54, 1.807) is 26.2 Å².